The zero-order valence-electron chi connectivity index (χ0n) is 11.5. The fourth-order valence-electron chi connectivity index (χ4n) is 1.80. The van der Waals surface area contributed by atoms with Crippen molar-refractivity contribution in [3.8, 4) is 0 Å². The summed E-state index contributed by atoms with van der Waals surface area (Å²) in [6.45, 7) is 2.88. The summed E-state index contributed by atoms with van der Waals surface area (Å²) < 4.78 is 6.88. The van der Waals surface area contributed by atoms with Gasteiger partial charge in [-0.05, 0) is 58.7 Å². The lowest BCUT2D eigenvalue weighted by molar-refractivity contribution is 0.0526. The zero-order chi connectivity index (χ0) is 15.2. The van der Waals surface area contributed by atoms with Crippen LogP contribution < -0.4 is 5.32 Å². The number of carbonyl (C=O) groups excluding carboxylic acids is 1. The standard InChI is InChI=1S/C16H15Br2NO2/c1-2-21-16(20)12-5-8-15(14(18)9-12)19-10-11-3-6-13(17)7-4-11/h3-9,19H,2,10H2,1H3. The Hall–Kier alpha value is -1.33. The molecule has 0 fully saturated rings. The summed E-state index contributed by atoms with van der Waals surface area (Å²) in [6, 6.07) is 13.5. The average Bonchev–Trinajstić information content (AvgIpc) is 2.48. The SMILES string of the molecule is CCOC(=O)c1ccc(NCc2ccc(Br)cc2)c(Br)c1. The molecule has 110 valence electrons. The van der Waals surface area contributed by atoms with Crippen molar-refractivity contribution in [2.75, 3.05) is 11.9 Å². The minimum Gasteiger partial charge on any atom is -0.462 e. The van der Waals surface area contributed by atoms with Gasteiger partial charge in [0.25, 0.3) is 0 Å². The van der Waals surface area contributed by atoms with Crippen LogP contribution >= 0.6 is 31.9 Å². The summed E-state index contributed by atoms with van der Waals surface area (Å²) in [6.07, 6.45) is 0. The number of carbonyl (C=O) groups is 1. The van der Waals surface area contributed by atoms with E-state index < -0.39 is 0 Å². The lowest BCUT2D eigenvalue weighted by Crippen LogP contribution is -2.05. The molecule has 0 radical (unpaired) electrons. The van der Waals surface area contributed by atoms with E-state index in [-0.39, 0.29) is 5.97 Å². The maximum absolute atomic E-state index is 11.7. The summed E-state index contributed by atoms with van der Waals surface area (Å²) in [4.78, 5) is 11.7. The van der Waals surface area contributed by atoms with Crippen LogP contribution in [-0.4, -0.2) is 12.6 Å². The molecule has 0 atom stereocenters. The highest BCUT2D eigenvalue weighted by atomic mass is 79.9. The molecule has 2 aromatic carbocycles. The lowest BCUT2D eigenvalue weighted by atomic mass is 10.2. The summed E-state index contributed by atoms with van der Waals surface area (Å²) >= 11 is 6.89. The number of hydrogen-bond acceptors (Lipinski definition) is 3. The lowest BCUT2D eigenvalue weighted by Gasteiger charge is -2.10. The van der Waals surface area contributed by atoms with Crippen molar-refractivity contribution in [1.82, 2.24) is 0 Å². The van der Waals surface area contributed by atoms with Gasteiger partial charge in [-0.15, -0.1) is 0 Å². The van der Waals surface area contributed by atoms with Crippen LogP contribution in [0.4, 0.5) is 5.69 Å². The first-order chi connectivity index (χ1) is 10.1. The second kappa shape index (κ2) is 7.61. The number of halogens is 2. The van der Waals surface area contributed by atoms with Crippen LogP contribution in [0.5, 0.6) is 0 Å². The highest BCUT2D eigenvalue weighted by molar-refractivity contribution is 9.10. The number of benzene rings is 2. The Labute approximate surface area is 141 Å². The van der Waals surface area contributed by atoms with Gasteiger partial charge in [-0.1, -0.05) is 28.1 Å². The highest BCUT2D eigenvalue weighted by Gasteiger charge is 2.09. The van der Waals surface area contributed by atoms with E-state index in [2.05, 4.69) is 49.3 Å². The normalized spacial score (nSPS) is 10.2. The Balaban J connectivity index is 2.04. The van der Waals surface area contributed by atoms with Gasteiger partial charge < -0.3 is 10.1 Å². The van der Waals surface area contributed by atoms with E-state index in [0.717, 1.165) is 14.6 Å². The minimum atomic E-state index is -0.308. The van der Waals surface area contributed by atoms with Gasteiger partial charge in [0.2, 0.25) is 0 Å². The molecular formula is C16H15Br2NO2. The van der Waals surface area contributed by atoms with Crippen molar-refractivity contribution in [3.63, 3.8) is 0 Å². The molecule has 0 aliphatic heterocycles. The summed E-state index contributed by atoms with van der Waals surface area (Å²) in [5.41, 5.74) is 2.66. The van der Waals surface area contributed by atoms with Crippen LogP contribution in [0.25, 0.3) is 0 Å². The second-order valence-corrected chi connectivity index (χ2v) is 6.17. The van der Waals surface area contributed by atoms with Crippen molar-refractivity contribution in [2.45, 2.75) is 13.5 Å². The highest BCUT2D eigenvalue weighted by Crippen LogP contribution is 2.25. The Bertz CT molecular complexity index is 627. The van der Waals surface area contributed by atoms with Gasteiger partial charge in [0.05, 0.1) is 12.2 Å². The van der Waals surface area contributed by atoms with Crippen molar-refractivity contribution >= 4 is 43.5 Å². The molecule has 5 heteroatoms. The maximum atomic E-state index is 11.7. The van der Waals surface area contributed by atoms with E-state index >= 15 is 0 Å². The summed E-state index contributed by atoms with van der Waals surface area (Å²) in [7, 11) is 0. The molecule has 0 unspecified atom stereocenters. The van der Waals surface area contributed by atoms with Crippen LogP contribution in [0.3, 0.4) is 0 Å². The zero-order valence-corrected chi connectivity index (χ0v) is 14.7. The summed E-state index contributed by atoms with van der Waals surface area (Å²) in [5, 5.41) is 3.33. The first-order valence-electron chi connectivity index (χ1n) is 6.55. The molecule has 0 heterocycles. The molecule has 3 nitrogen and oxygen atoms in total. The molecule has 0 amide bonds. The number of ether oxygens (including phenoxy) is 1. The molecule has 1 N–H and O–H groups in total. The van der Waals surface area contributed by atoms with Gasteiger partial charge in [-0.2, -0.15) is 0 Å². The molecule has 2 rings (SSSR count). The van der Waals surface area contributed by atoms with Crippen LogP contribution in [-0.2, 0) is 11.3 Å². The molecule has 21 heavy (non-hydrogen) atoms. The first kappa shape index (κ1) is 16.0. The fourth-order valence-corrected chi connectivity index (χ4v) is 2.58. The third-order valence-corrected chi connectivity index (χ3v) is 4.06. The Morgan fingerprint density at radius 3 is 2.48 bits per heavy atom. The van der Waals surface area contributed by atoms with Gasteiger partial charge in [-0.3, -0.25) is 0 Å². The summed E-state index contributed by atoms with van der Waals surface area (Å²) in [5.74, 6) is -0.308. The van der Waals surface area contributed by atoms with E-state index in [0.29, 0.717) is 18.7 Å². The van der Waals surface area contributed by atoms with Gasteiger partial charge in [0.1, 0.15) is 0 Å². The monoisotopic (exact) mass is 411 g/mol. The smallest absolute Gasteiger partial charge is 0.338 e. The quantitative estimate of drug-likeness (QED) is 0.702. The van der Waals surface area contributed by atoms with Crippen LogP contribution in [0.2, 0.25) is 0 Å². The van der Waals surface area contributed by atoms with Crippen molar-refractivity contribution in [1.29, 1.82) is 0 Å². The van der Waals surface area contributed by atoms with E-state index in [1.807, 2.05) is 18.2 Å². The van der Waals surface area contributed by atoms with Crippen LogP contribution in [0, 0.1) is 0 Å². The van der Waals surface area contributed by atoms with Crippen molar-refractivity contribution < 1.29 is 9.53 Å². The third kappa shape index (κ3) is 4.58. The molecule has 0 aromatic heterocycles. The molecule has 0 saturated heterocycles. The topological polar surface area (TPSA) is 38.3 Å². The fraction of sp³-hybridized carbons (Fsp3) is 0.188. The number of rotatable bonds is 5. The number of esters is 1. The van der Waals surface area contributed by atoms with E-state index in [1.165, 1.54) is 5.56 Å². The predicted molar refractivity (Wildman–Crippen MR) is 91.6 cm³/mol. The maximum Gasteiger partial charge on any atom is 0.338 e. The van der Waals surface area contributed by atoms with Crippen molar-refractivity contribution in [2.24, 2.45) is 0 Å². The first-order valence-corrected chi connectivity index (χ1v) is 8.13. The molecule has 0 aliphatic rings. The minimum absolute atomic E-state index is 0.308. The van der Waals surface area contributed by atoms with E-state index in [9.17, 15) is 4.79 Å². The van der Waals surface area contributed by atoms with E-state index in [1.54, 1.807) is 19.1 Å². The van der Waals surface area contributed by atoms with Crippen LogP contribution in [0.1, 0.15) is 22.8 Å². The van der Waals surface area contributed by atoms with E-state index in [4.69, 9.17) is 4.74 Å². The second-order valence-electron chi connectivity index (χ2n) is 4.40. The van der Waals surface area contributed by atoms with Gasteiger partial charge in [-0.25, -0.2) is 4.79 Å². The molecule has 0 aliphatic carbocycles. The number of nitrogens with one attached hydrogen (secondary N) is 1. The van der Waals surface area contributed by atoms with Gasteiger partial charge in [0.15, 0.2) is 0 Å². The molecular weight excluding hydrogens is 398 g/mol. The largest absolute Gasteiger partial charge is 0.462 e. The number of anilines is 1. The predicted octanol–water partition coefficient (Wildman–Crippen LogP) is 5.00. The van der Waals surface area contributed by atoms with Crippen molar-refractivity contribution in [3.05, 3.63) is 62.5 Å². The average molecular weight is 413 g/mol. The molecule has 0 spiro atoms. The van der Waals surface area contributed by atoms with Crippen LogP contribution in [0.15, 0.2) is 51.4 Å². The third-order valence-electron chi connectivity index (χ3n) is 2.88. The Morgan fingerprint density at radius 2 is 1.86 bits per heavy atom. The van der Waals surface area contributed by atoms with Gasteiger partial charge >= 0.3 is 5.97 Å². The molecule has 2 aromatic rings. The molecule has 0 saturated carbocycles. The molecule has 0 bridgehead atoms. The Morgan fingerprint density at radius 1 is 1.14 bits per heavy atom. The number of hydrogen-bond donors (Lipinski definition) is 1. The Kier molecular flexibility index (Phi) is 5.82. The van der Waals surface area contributed by atoms with Gasteiger partial charge in [0, 0.05) is 21.2 Å².